The Hall–Kier alpha value is -1.17. The van der Waals surface area contributed by atoms with Gasteiger partial charge < -0.3 is 10.1 Å². The number of aromatic carboxylic acids is 1. The molecule has 0 saturated carbocycles. The maximum Gasteiger partial charge on any atom is 0.353 e. The number of rotatable bonds is 2. The molecule has 0 spiro atoms. The van der Waals surface area contributed by atoms with Crippen LogP contribution in [-0.2, 0) is 10.8 Å². The fraction of sp³-hybridized carbons (Fsp3) is 0.429. The van der Waals surface area contributed by atoms with Gasteiger partial charge in [-0.15, -0.1) is 0 Å². The number of nitrogens with one attached hydrogen (secondary N) is 1. The Morgan fingerprint density at radius 1 is 1.62 bits per heavy atom. The van der Waals surface area contributed by atoms with E-state index in [2.05, 4.69) is 9.97 Å². The van der Waals surface area contributed by atoms with Gasteiger partial charge >= 0.3 is 5.97 Å². The summed E-state index contributed by atoms with van der Waals surface area (Å²) in [7, 11) is -1.25. The third kappa shape index (κ3) is 3.37. The monoisotopic (exact) mass is 204 g/mol. The van der Waals surface area contributed by atoms with E-state index in [0.29, 0.717) is 0 Å². The normalized spacial score (nSPS) is 11.3. The van der Waals surface area contributed by atoms with Crippen LogP contribution in [0.2, 0.25) is 0 Å². The molecule has 13 heavy (non-hydrogen) atoms. The van der Waals surface area contributed by atoms with Crippen LogP contribution in [0.5, 0.6) is 0 Å². The van der Waals surface area contributed by atoms with Gasteiger partial charge in [-0.2, -0.15) is 0 Å². The molecule has 0 radical (unpaired) electrons. The van der Waals surface area contributed by atoms with E-state index in [1.807, 2.05) is 13.8 Å². The molecule has 2 N–H and O–H groups in total. The number of aromatic nitrogens is 2. The molecule has 1 aromatic rings. The quantitative estimate of drug-likeness (QED) is 0.748. The molecule has 0 fully saturated rings. The van der Waals surface area contributed by atoms with Gasteiger partial charge in [0.25, 0.3) is 0 Å². The molecule has 1 rings (SSSR count). The Balaban J connectivity index is 0.000000671. The number of carboxylic acid groups (broad SMARTS) is 1. The van der Waals surface area contributed by atoms with Crippen LogP contribution in [0.1, 0.15) is 24.3 Å². The molecule has 0 bridgehead atoms. The molecule has 1 heterocycles. The SMILES string of the molecule is CC.CS(=O)c1ncc(C(=O)O)[nH]1. The van der Waals surface area contributed by atoms with Crippen LogP contribution in [-0.4, -0.2) is 31.5 Å². The van der Waals surface area contributed by atoms with Gasteiger partial charge in [0.15, 0.2) is 5.16 Å². The van der Waals surface area contributed by atoms with E-state index in [4.69, 9.17) is 5.11 Å². The highest BCUT2D eigenvalue weighted by molar-refractivity contribution is 7.84. The number of imidazole rings is 1. The van der Waals surface area contributed by atoms with E-state index in [1.165, 1.54) is 6.26 Å². The maximum atomic E-state index is 10.7. The summed E-state index contributed by atoms with van der Waals surface area (Å²) in [6.45, 7) is 4.00. The number of aromatic amines is 1. The largest absolute Gasteiger partial charge is 0.477 e. The van der Waals surface area contributed by atoms with E-state index < -0.39 is 16.8 Å². The highest BCUT2D eigenvalue weighted by atomic mass is 32.2. The van der Waals surface area contributed by atoms with Crippen LogP contribution in [0.3, 0.4) is 0 Å². The van der Waals surface area contributed by atoms with Crippen LogP contribution in [0, 0.1) is 0 Å². The second kappa shape index (κ2) is 5.47. The van der Waals surface area contributed by atoms with Crippen molar-refractivity contribution in [3.63, 3.8) is 0 Å². The maximum absolute atomic E-state index is 10.7. The molecular weight excluding hydrogens is 192 g/mol. The third-order valence-electron chi connectivity index (χ3n) is 1.06. The minimum absolute atomic E-state index is 0.0461. The predicted octanol–water partition coefficient (Wildman–Crippen LogP) is 0.871. The molecule has 0 aromatic carbocycles. The van der Waals surface area contributed by atoms with Crippen LogP contribution in [0.15, 0.2) is 11.4 Å². The van der Waals surface area contributed by atoms with Crippen molar-refractivity contribution in [2.24, 2.45) is 0 Å². The van der Waals surface area contributed by atoms with Crippen molar-refractivity contribution >= 4 is 16.8 Å². The highest BCUT2D eigenvalue weighted by Gasteiger charge is 2.08. The zero-order valence-corrected chi connectivity index (χ0v) is 8.51. The van der Waals surface area contributed by atoms with E-state index in [1.54, 1.807) is 0 Å². The molecule has 0 aliphatic rings. The Kier molecular flexibility index (Phi) is 4.98. The van der Waals surface area contributed by atoms with Crippen molar-refractivity contribution in [1.29, 1.82) is 0 Å². The van der Waals surface area contributed by atoms with Crippen LogP contribution >= 0.6 is 0 Å². The summed E-state index contributed by atoms with van der Waals surface area (Å²) in [5.41, 5.74) is -0.0461. The molecule has 1 unspecified atom stereocenters. The number of hydrogen-bond donors (Lipinski definition) is 2. The number of nitrogens with zero attached hydrogens (tertiary/aromatic N) is 1. The standard InChI is InChI=1S/C5H6N2O3S.C2H6/c1-11(10)5-6-2-3(7-5)4(8)9;1-2/h2H,1H3,(H,6,7)(H,8,9);1-2H3. The lowest BCUT2D eigenvalue weighted by atomic mass is 10.5. The Labute approximate surface area is 78.7 Å². The van der Waals surface area contributed by atoms with E-state index in [-0.39, 0.29) is 10.9 Å². The Morgan fingerprint density at radius 3 is 2.38 bits per heavy atom. The second-order valence-electron chi connectivity index (χ2n) is 1.86. The number of carboxylic acids is 1. The zero-order valence-electron chi connectivity index (χ0n) is 7.70. The molecule has 0 amide bonds. The first-order chi connectivity index (χ1) is 6.11. The molecule has 6 heteroatoms. The summed E-state index contributed by atoms with van der Waals surface area (Å²) >= 11 is 0. The zero-order chi connectivity index (χ0) is 10.4. The highest BCUT2D eigenvalue weighted by Crippen LogP contribution is 1.99. The van der Waals surface area contributed by atoms with Crippen molar-refractivity contribution in [3.8, 4) is 0 Å². The molecule has 1 atom stereocenters. The van der Waals surface area contributed by atoms with Gasteiger partial charge in [0.1, 0.15) is 5.69 Å². The average molecular weight is 204 g/mol. The average Bonchev–Trinajstić information content (AvgIpc) is 2.56. The van der Waals surface area contributed by atoms with Crippen molar-refractivity contribution in [3.05, 3.63) is 11.9 Å². The predicted molar refractivity (Wildman–Crippen MR) is 49.2 cm³/mol. The summed E-state index contributed by atoms with van der Waals surface area (Å²) in [5.74, 6) is -1.10. The lowest BCUT2D eigenvalue weighted by Crippen LogP contribution is -1.97. The molecule has 0 aliphatic carbocycles. The third-order valence-corrected chi connectivity index (χ3v) is 1.81. The van der Waals surface area contributed by atoms with Gasteiger partial charge in [-0.05, 0) is 0 Å². The van der Waals surface area contributed by atoms with Gasteiger partial charge in [0.05, 0.1) is 17.0 Å². The number of H-pyrrole nitrogens is 1. The summed E-state index contributed by atoms with van der Waals surface area (Å²) in [4.78, 5) is 16.3. The van der Waals surface area contributed by atoms with Crippen molar-refractivity contribution in [1.82, 2.24) is 9.97 Å². The molecule has 1 aromatic heterocycles. The van der Waals surface area contributed by atoms with Crippen molar-refractivity contribution in [2.75, 3.05) is 6.26 Å². The molecular formula is C7H12N2O3S. The van der Waals surface area contributed by atoms with Crippen LogP contribution < -0.4 is 0 Å². The van der Waals surface area contributed by atoms with Crippen LogP contribution in [0.25, 0.3) is 0 Å². The summed E-state index contributed by atoms with van der Waals surface area (Å²) in [6, 6.07) is 0. The summed E-state index contributed by atoms with van der Waals surface area (Å²) < 4.78 is 10.7. The molecule has 5 nitrogen and oxygen atoms in total. The summed E-state index contributed by atoms with van der Waals surface area (Å²) in [5, 5.41) is 8.59. The molecule has 0 saturated heterocycles. The lowest BCUT2D eigenvalue weighted by Gasteiger charge is -1.85. The van der Waals surface area contributed by atoms with Crippen molar-refractivity contribution < 1.29 is 14.1 Å². The minimum Gasteiger partial charge on any atom is -0.477 e. The Morgan fingerprint density at radius 2 is 2.15 bits per heavy atom. The Bertz CT molecular complexity index is 280. The van der Waals surface area contributed by atoms with Gasteiger partial charge in [-0.3, -0.25) is 4.21 Å². The number of hydrogen-bond acceptors (Lipinski definition) is 3. The fourth-order valence-electron chi connectivity index (χ4n) is 0.558. The summed E-state index contributed by atoms with van der Waals surface area (Å²) in [6.07, 6.45) is 2.56. The lowest BCUT2D eigenvalue weighted by molar-refractivity contribution is 0.0690. The molecule has 74 valence electrons. The van der Waals surface area contributed by atoms with Gasteiger partial charge in [-0.25, -0.2) is 9.78 Å². The first kappa shape index (κ1) is 11.8. The van der Waals surface area contributed by atoms with E-state index >= 15 is 0 Å². The van der Waals surface area contributed by atoms with E-state index in [0.717, 1.165) is 6.20 Å². The molecule has 0 aliphatic heterocycles. The second-order valence-corrected chi connectivity index (χ2v) is 3.16. The first-order valence-electron chi connectivity index (χ1n) is 3.73. The minimum atomic E-state index is -1.25. The van der Waals surface area contributed by atoms with Crippen molar-refractivity contribution in [2.45, 2.75) is 19.0 Å². The van der Waals surface area contributed by atoms with E-state index in [9.17, 15) is 9.00 Å². The fourth-order valence-corrected chi connectivity index (χ4v) is 1.01. The first-order valence-corrected chi connectivity index (χ1v) is 5.29. The van der Waals surface area contributed by atoms with Gasteiger partial charge in [0, 0.05) is 6.26 Å². The van der Waals surface area contributed by atoms with Crippen LogP contribution in [0.4, 0.5) is 0 Å². The number of carbonyl (C=O) groups is 1. The topological polar surface area (TPSA) is 83.1 Å². The smallest absolute Gasteiger partial charge is 0.353 e. The van der Waals surface area contributed by atoms with Gasteiger partial charge in [0.2, 0.25) is 0 Å². The van der Waals surface area contributed by atoms with Gasteiger partial charge in [-0.1, -0.05) is 13.8 Å².